The molecule has 1 aliphatic rings. The molecule has 7 nitrogen and oxygen atoms in total. The normalized spacial score (nSPS) is 24.6. The average molecular weight is 373 g/mol. The van der Waals surface area contributed by atoms with Gasteiger partial charge in [0, 0.05) is 43.4 Å². The van der Waals surface area contributed by atoms with Gasteiger partial charge in [0.25, 0.3) is 5.56 Å². The molecule has 0 unspecified atom stereocenters. The minimum Gasteiger partial charge on any atom is -0.463 e. The number of aliphatic hydroxyl groups is 1. The van der Waals surface area contributed by atoms with E-state index in [1.807, 2.05) is 43.3 Å². The van der Waals surface area contributed by atoms with Crippen molar-refractivity contribution in [3.05, 3.63) is 51.4 Å². The van der Waals surface area contributed by atoms with E-state index < -0.39 is 23.4 Å². The lowest BCUT2D eigenvalue weighted by Gasteiger charge is -2.40. The Morgan fingerprint density at radius 3 is 2.44 bits per heavy atom. The molecule has 3 atom stereocenters. The number of anilines is 1. The second-order valence-electron chi connectivity index (χ2n) is 7.93. The van der Waals surface area contributed by atoms with Crippen LogP contribution >= 0.6 is 0 Å². The Hall–Kier alpha value is -2.54. The summed E-state index contributed by atoms with van der Waals surface area (Å²) in [7, 11) is 3.89. The lowest BCUT2D eigenvalue weighted by molar-refractivity contribution is -0.163. The number of carbonyl (C=O) groups is 1. The summed E-state index contributed by atoms with van der Waals surface area (Å²) in [6, 6.07) is 7.66. The van der Waals surface area contributed by atoms with Crippen molar-refractivity contribution in [2.45, 2.75) is 44.8 Å². The molecule has 0 amide bonds. The molecule has 0 saturated heterocycles. The predicted octanol–water partition coefficient (Wildman–Crippen LogP) is 1.78. The number of rotatable bonds is 4. The van der Waals surface area contributed by atoms with E-state index >= 15 is 0 Å². The van der Waals surface area contributed by atoms with Crippen LogP contribution < -0.4 is 10.5 Å². The summed E-state index contributed by atoms with van der Waals surface area (Å²) < 4.78 is 5.44. The molecule has 0 aliphatic heterocycles. The first-order chi connectivity index (χ1) is 12.6. The standard InChI is InChI=1S/C20H27N3O4/c1-11(2)27-19(25)17-15(12-6-8-13(9-7-12)23(4)5)16-14(10-20(17,3)26)21-22-18(16)24/h6-9,11,15,17,26H,10H2,1-5H3,(H2,21,22,24)/t15-,17-,20-/m1/s1. The zero-order valence-corrected chi connectivity index (χ0v) is 16.4. The lowest BCUT2D eigenvalue weighted by Crippen LogP contribution is -2.50. The van der Waals surface area contributed by atoms with Gasteiger partial charge in [-0.05, 0) is 38.5 Å². The summed E-state index contributed by atoms with van der Waals surface area (Å²) in [5.74, 6) is -1.97. The van der Waals surface area contributed by atoms with E-state index in [2.05, 4.69) is 10.2 Å². The van der Waals surface area contributed by atoms with E-state index in [9.17, 15) is 14.7 Å². The van der Waals surface area contributed by atoms with Gasteiger partial charge in [0.05, 0.1) is 17.6 Å². The van der Waals surface area contributed by atoms with Crippen LogP contribution in [0.3, 0.4) is 0 Å². The van der Waals surface area contributed by atoms with Crippen molar-refractivity contribution >= 4 is 11.7 Å². The number of benzene rings is 1. The quantitative estimate of drug-likeness (QED) is 0.710. The fraction of sp³-hybridized carbons (Fsp3) is 0.500. The highest BCUT2D eigenvalue weighted by Gasteiger charge is 2.51. The number of esters is 1. The molecule has 0 radical (unpaired) electrons. The molecule has 0 spiro atoms. The fourth-order valence-electron chi connectivity index (χ4n) is 3.90. The van der Waals surface area contributed by atoms with Crippen molar-refractivity contribution in [3.8, 4) is 0 Å². The van der Waals surface area contributed by atoms with Crippen molar-refractivity contribution in [1.29, 1.82) is 0 Å². The van der Waals surface area contributed by atoms with Crippen LogP contribution in [-0.2, 0) is 16.0 Å². The maximum atomic E-state index is 12.9. The summed E-state index contributed by atoms with van der Waals surface area (Å²) in [4.78, 5) is 27.4. The first-order valence-corrected chi connectivity index (χ1v) is 9.11. The van der Waals surface area contributed by atoms with Crippen LogP contribution in [-0.4, -0.2) is 47.1 Å². The number of fused-ring (bicyclic) bond motifs is 1. The number of carbonyl (C=O) groups excluding carboxylic acids is 1. The lowest BCUT2D eigenvalue weighted by atomic mass is 9.66. The summed E-state index contributed by atoms with van der Waals surface area (Å²) in [5, 5.41) is 16.6. The van der Waals surface area contributed by atoms with Gasteiger partial charge in [0.2, 0.25) is 0 Å². The van der Waals surface area contributed by atoms with Gasteiger partial charge in [-0.25, -0.2) is 0 Å². The van der Waals surface area contributed by atoms with Gasteiger partial charge in [0.15, 0.2) is 0 Å². The van der Waals surface area contributed by atoms with Crippen LogP contribution in [0, 0.1) is 5.92 Å². The summed E-state index contributed by atoms with van der Waals surface area (Å²) in [5.41, 5.74) is 1.28. The van der Waals surface area contributed by atoms with Gasteiger partial charge in [-0.1, -0.05) is 12.1 Å². The smallest absolute Gasteiger partial charge is 0.313 e. The van der Waals surface area contributed by atoms with E-state index in [-0.39, 0.29) is 18.1 Å². The third-order valence-corrected chi connectivity index (χ3v) is 5.12. The van der Waals surface area contributed by atoms with Crippen molar-refractivity contribution < 1.29 is 14.6 Å². The third-order valence-electron chi connectivity index (χ3n) is 5.12. The Morgan fingerprint density at radius 2 is 1.89 bits per heavy atom. The highest BCUT2D eigenvalue weighted by molar-refractivity contribution is 5.77. The summed E-state index contributed by atoms with van der Waals surface area (Å²) in [6.07, 6.45) is -0.137. The fourth-order valence-corrected chi connectivity index (χ4v) is 3.90. The third kappa shape index (κ3) is 3.51. The number of aromatic amines is 2. The predicted molar refractivity (Wildman–Crippen MR) is 103 cm³/mol. The number of aromatic nitrogens is 2. The van der Waals surface area contributed by atoms with Crippen LogP contribution in [0.2, 0.25) is 0 Å². The average Bonchev–Trinajstić information content (AvgIpc) is 2.92. The Labute approximate surface area is 158 Å². The molecule has 1 heterocycles. The minimum atomic E-state index is -1.35. The second kappa shape index (κ2) is 6.88. The maximum absolute atomic E-state index is 12.9. The van der Waals surface area contributed by atoms with Gasteiger partial charge in [-0.3, -0.25) is 14.7 Å². The van der Waals surface area contributed by atoms with Crippen LogP contribution in [0.15, 0.2) is 29.1 Å². The van der Waals surface area contributed by atoms with Crippen molar-refractivity contribution in [2.24, 2.45) is 5.92 Å². The van der Waals surface area contributed by atoms with E-state index in [0.29, 0.717) is 11.3 Å². The van der Waals surface area contributed by atoms with Crippen molar-refractivity contribution in [3.63, 3.8) is 0 Å². The molecular formula is C20H27N3O4. The van der Waals surface area contributed by atoms with E-state index in [0.717, 1.165) is 11.3 Å². The van der Waals surface area contributed by atoms with Crippen LogP contribution in [0.5, 0.6) is 0 Å². The van der Waals surface area contributed by atoms with E-state index in [4.69, 9.17) is 4.74 Å². The molecule has 1 aromatic heterocycles. The van der Waals surface area contributed by atoms with Crippen LogP contribution in [0.25, 0.3) is 0 Å². The Balaban J connectivity index is 2.15. The van der Waals surface area contributed by atoms with Crippen LogP contribution in [0.4, 0.5) is 5.69 Å². The largest absolute Gasteiger partial charge is 0.463 e. The number of hydrogen-bond acceptors (Lipinski definition) is 5. The monoisotopic (exact) mass is 373 g/mol. The first kappa shape index (κ1) is 19.2. The Kier molecular flexibility index (Phi) is 4.90. The van der Waals surface area contributed by atoms with E-state index in [1.165, 1.54) is 0 Å². The number of nitrogens with zero attached hydrogens (tertiary/aromatic N) is 1. The Morgan fingerprint density at radius 1 is 1.26 bits per heavy atom. The van der Waals surface area contributed by atoms with Crippen molar-refractivity contribution in [2.75, 3.05) is 19.0 Å². The molecule has 2 aromatic rings. The molecule has 27 heavy (non-hydrogen) atoms. The molecular weight excluding hydrogens is 346 g/mol. The minimum absolute atomic E-state index is 0.172. The number of hydrogen-bond donors (Lipinski definition) is 3. The summed E-state index contributed by atoms with van der Waals surface area (Å²) >= 11 is 0. The molecule has 7 heteroatoms. The molecule has 1 aromatic carbocycles. The topological polar surface area (TPSA) is 98.4 Å². The van der Waals surface area contributed by atoms with Gasteiger partial charge >= 0.3 is 5.97 Å². The van der Waals surface area contributed by atoms with Gasteiger partial charge in [0.1, 0.15) is 0 Å². The molecule has 1 aliphatic carbocycles. The molecule has 3 N–H and O–H groups in total. The first-order valence-electron chi connectivity index (χ1n) is 9.11. The zero-order chi connectivity index (χ0) is 19.9. The van der Waals surface area contributed by atoms with E-state index in [1.54, 1.807) is 20.8 Å². The van der Waals surface area contributed by atoms with Crippen molar-refractivity contribution in [1.82, 2.24) is 10.2 Å². The summed E-state index contributed by atoms with van der Waals surface area (Å²) in [6.45, 7) is 5.16. The molecule has 0 bridgehead atoms. The SMILES string of the molecule is CC(C)OC(=O)[C@H]1[C@H](c2ccc(N(C)C)cc2)c2c([nH][nH]c2=O)C[C@@]1(C)O. The Bertz CT molecular complexity index is 877. The highest BCUT2D eigenvalue weighted by atomic mass is 16.5. The number of nitrogens with one attached hydrogen (secondary N) is 2. The van der Waals surface area contributed by atoms with Gasteiger partial charge in [-0.2, -0.15) is 0 Å². The van der Waals surface area contributed by atoms with Gasteiger partial charge < -0.3 is 19.8 Å². The van der Waals surface area contributed by atoms with Crippen LogP contribution in [0.1, 0.15) is 43.5 Å². The highest BCUT2D eigenvalue weighted by Crippen LogP contribution is 2.44. The molecule has 146 valence electrons. The maximum Gasteiger partial charge on any atom is 0.313 e. The molecule has 0 saturated carbocycles. The van der Waals surface area contributed by atoms with Gasteiger partial charge in [-0.15, -0.1) is 0 Å². The zero-order valence-electron chi connectivity index (χ0n) is 16.4. The molecule has 3 rings (SSSR count). The number of H-pyrrole nitrogens is 2. The molecule has 0 fully saturated rings. The number of ether oxygens (including phenoxy) is 1. The second-order valence-corrected chi connectivity index (χ2v) is 7.93.